The summed E-state index contributed by atoms with van der Waals surface area (Å²) in [5, 5.41) is 5.95. The van der Waals surface area contributed by atoms with Gasteiger partial charge >= 0.3 is 0 Å². The van der Waals surface area contributed by atoms with Gasteiger partial charge in [0.1, 0.15) is 12.5 Å². The van der Waals surface area contributed by atoms with Crippen LogP contribution in [-0.2, 0) is 0 Å². The molecule has 8 heavy (non-hydrogen) atoms. The Hall–Kier alpha value is -0.730. The lowest BCUT2D eigenvalue weighted by Crippen LogP contribution is -2.31. The zero-order chi connectivity index (χ0) is 6.15. The number of nitrogens with zero attached hydrogens (tertiary/aromatic N) is 3. The Labute approximate surface area is 49.6 Å². The average molecular weight is 113 g/mol. The molecular formula is C5H11N3. The molecule has 3 nitrogen and oxygen atoms in total. The van der Waals surface area contributed by atoms with Crippen molar-refractivity contribution in [2.45, 2.75) is 13.1 Å². The predicted molar refractivity (Wildman–Crippen MR) is 33.5 cm³/mol. The van der Waals surface area contributed by atoms with Crippen molar-refractivity contribution < 1.29 is 0 Å². The molecule has 1 rings (SSSR count). The topological polar surface area (TPSA) is 18.8 Å². The Morgan fingerprint density at radius 3 is 2.25 bits per heavy atom. The van der Waals surface area contributed by atoms with Gasteiger partial charge in [-0.15, -0.1) is 0 Å². The minimum absolute atomic E-state index is 0.426. The molecule has 0 radical (unpaired) electrons. The van der Waals surface area contributed by atoms with Crippen molar-refractivity contribution in [1.29, 1.82) is 0 Å². The lowest BCUT2D eigenvalue weighted by Gasteiger charge is -2.19. The summed E-state index contributed by atoms with van der Waals surface area (Å²) >= 11 is 0. The summed E-state index contributed by atoms with van der Waals surface area (Å²) < 4.78 is 0. The molecule has 0 aliphatic carbocycles. The molecule has 0 aromatic rings. The molecule has 3 heteroatoms. The first-order chi connectivity index (χ1) is 3.72. The molecule has 1 atom stereocenters. The third-order valence-electron chi connectivity index (χ3n) is 1.55. The van der Waals surface area contributed by atoms with Gasteiger partial charge in [0, 0.05) is 14.1 Å². The van der Waals surface area contributed by atoms with Crippen LogP contribution >= 0.6 is 0 Å². The van der Waals surface area contributed by atoms with E-state index in [0.29, 0.717) is 6.17 Å². The van der Waals surface area contributed by atoms with Crippen LogP contribution in [0.4, 0.5) is 0 Å². The fourth-order valence-electron chi connectivity index (χ4n) is 0.619. The lowest BCUT2D eigenvalue weighted by atomic mass is 10.5. The first kappa shape index (κ1) is 5.41. The maximum atomic E-state index is 4.03. The highest BCUT2D eigenvalue weighted by Gasteiger charge is 2.14. The maximum absolute atomic E-state index is 4.03. The zero-order valence-electron chi connectivity index (χ0n) is 5.50. The maximum Gasteiger partial charge on any atom is 0.115 e. The second-order valence-corrected chi connectivity index (χ2v) is 2.10. The number of hydrogen-bond donors (Lipinski definition) is 0. The van der Waals surface area contributed by atoms with E-state index < -0.39 is 0 Å². The highest BCUT2D eigenvalue weighted by Crippen LogP contribution is 2.04. The van der Waals surface area contributed by atoms with Crippen LogP contribution in [0.5, 0.6) is 0 Å². The van der Waals surface area contributed by atoms with Crippen LogP contribution in [-0.4, -0.2) is 36.5 Å². The van der Waals surface area contributed by atoms with Crippen LogP contribution in [0.3, 0.4) is 0 Å². The van der Waals surface area contributed by atoms with Gasteiger partial charge in [-0.2, -0.15) is 5.10 Å². The summed E-state index contributed by atoms with van der Waals surface area (Å²) in [6, 6.07) is 0. The van der Waals surface area contributed by atoms with Crippen LogP contribution < -0.4 is 0 Å². The summed E-state index contributed by atoms with van der Waals surface area (Å²) in [6.45, 7) is 2.10. The third kappa shape index (κ3) is 0.638. The van der Waals surface area contributed by atoms with Crippen LogP contribution in [0.1, 0.15) is 6.92 Å². The average Bonchev–Trinajstić information content (AvgIpc) is 1.98. The second-order valence-electron chi connectivity index (χ2n) is 2.10. The number of hydrazone groups is 1. The minimum atomic E-state index is 0.426. The molecule has 0 aromatic heterocycles. The molecule has 1 heterocycles. The van der Waals surface area contributed by atoms with Crippen LogP contribution in [0.2, 0.25) is 0 Å². The van der Waals surface area contributed by atoms with Crippen LogP contribution in [0, 0.1) is 0 Å². The molecular weight excluding hydrogens is 102 g/mol. The number of hydrogen-bond acceptors (Lipinski definition) is 3. The molecule has 0 N–H and O–H groups in total. The monoisotopic (exact) mass is 113 g/mol. The van der Waals surface area contributed by atoms with Crippen molar-refractivity contribution in [3.63, 3.8) is 0 Å². The summed E-state index contributed by atoms with van der Waals surface area (Å²) in [6.07, 6.45) is 2.25. The first-order valence-corrected chi connectivity index (χ1v) is 2.70. The second kappa shape index (κ2) is 1.65. The Kier molecular flexibility index (Phi) is 1.12. The summed E-state index contributed by atoms with van der Waals surface area (Å²) in [4.78, 5) is 2.06. The molecule has 0 spiro atoms. The standard InChI is InChI=1S/C5H11N3/c1-5-7(2)4-6-8(5)3/h4-5H,1-3H3. The molecule has 0 saturated carbocycles. The molecule has 0 aromatic carbocycles. The van der Waals surface area contributed by atoms with Crippen molar-refractivity contribution in [3.8, 4) is 0 Å². The lowest BCUT2D eigenvalue weighted by molar-refractivity contribution is 0.201. The van der Waals surface area contributed by atoms with E-state index in [2.05, 4.69) is 16.9 Å². The highest BCUT2D eigenvalue weighted by atomic mass is 15.6. The van der Waals surface area contributed by atoms with E-state index in [-0.39, 0.29) is 0 Å². The molecule has 0 saturated heterocycles. The fourth-order valence-corrected chi connectivity index (χ4v) is 0.619. The molecule has 1 aliphatic heterocycles. The van der Waals surface area contributed by atoms with Crippen molar-refractivity contribution in [2.75, 3.05) is 14.1 Å². The van der Waals surface area contributed by atoms with Gasteiger partial charge in [0.2, 0.25) is 0 Å². The smallest absolute Gasteiger partial charge is 0.115 e. The van der Waals surface area contributed by atoms with Crippen LogP contribution in [0.15, 0.2) is 5.10 Å². The molecule has 0 amide bonds. The van der Waals surface area contributed by atoms with Gasteiger partial charge < -0.3 is 4.90 Å². The zero-order valence-corrected chi connectivity index (χ0v) is 5.50. The van der Waals surface area contributed by atoms with Gasteiger partial charge in [0.05, 0.1) is 0 Å². The van der Waals surface area contributed by atoms with E-state index in [9.17, 15) is 0 Å². The Bertz CT molecular complexity index is 98.2. The van der Waals surface area contributed by atoms with Crippen molar-refractivity contribution in [3.05, 3.63) is 0 Å². The van der Waals surface area contributed by atoms with E-state index in [1.807, 2.05) is 25.4 Å². The third-order valence-corrected chi connectivity index (χ3v) is 1.55. The van der Waals surface area contributed by atoms with Gasteiger partial charge in [0.15, 0.2) is 0 Å². The molecule has 46 valence electrons. The van der Waals surface area contributed by atoms with E-state index in [1.165, 1.54) is 0 Å². The van der Waals surface area contributed by atoms with Crippen molar-refractivity contribution in [2.24, 2.45) is 5.10 Å². The molecule has 0 bridgehead atoms. The number of rotatable bonds is 0. The van der Waals surface area contributed by atoms with Crippen LogP contribution in [0.25, 0.3) is 0 Å². The van der Waals surface area contributed by atoms with Crippen molar-refractivity contribution >= 4 is 6.34 Å². The fraction of sp³-hybridized carbons (Fsp3) is 0.800. The van der Waals surface area contributed by atoms with E-state index in [4.69, 9.17) is 0 Å². The predicted octanol–water partition coefficient (Wildman–Crippen LogP) is 0.153. The van der Waals surface area contributed by atoms with E-state index >= 15 is 0 Å². The SMILES string of the molecule is CC1N(C)C=NN1C. The minimum Gasteiger partial charge on any atom is -0.343 e. The molecule has 1 aliphatic rings. The normalized spacial score (nSPS) is 27.6. The Morgan fingerprint density at radius 1 is 1.50 bits per heavy atom. The van der Waals surface area contributed by atoms with E-state index in [1.54, 1.807) is 0 Å². The van der Waals surface area contributed by atoms with Crippen molar-refractivity contribution in [1.82, 2.24) is 9.91 Å². The Morgan fingerprint density at radius 2 is 2.12 bits per heavy atom. The first-order valence-electron chi connectivity index (χ1n) is 2.70. The Balaban J connectivity index is 2.55. The molecule has 0 fully saturated rings. The largest absolute Gasteiger partial charge is 0.343 e. The molecule has 1 unspecified atom stereocenters. The summed E-state index contributed by atoms with van der Waals surface area (Å²) in [5.74, 6) is 0. The quantitative estimate of drug-likeness (QED) is 0.445. The van der Waals surface area contributed by atoms with Gasteiger partial charge in [-0.3, -0.25) is 5.01 Å². The summed E-state index contributed by atoms with van der Waals surface area (Å²) in [5.41, 5.74) is 0. The van der Waals surface area contributed by atoms with Gasteiger partial charge in [-0.25, -0.2) is 0 Å². The highest BCUT2D eigenvalue weighted by molar-refractivity contribution is 5.56. The van der Waals surface area contributed by atoms with Gasteiger partial charge in [0.25, 0.3) is 0 Å². The van der Waals surface area contributed by atoms with Gasteiger partial charge in [-0.1, -0.05) is 0 Å². The van der Waals surface area contributed by atoms with Gasteiger partial charge in [-0.05, 0) is 6.92 Å². The van der Waals surface area contributed by atoms with E-state index in [0.717, 1.165) is 0 Å². The summed E-state index contributed by atoms with van der Waals surface area (Å²) in [7, 11) is 3.97.